The summed E-state index contributed by atoms with van der Waals surface area (Å²) in [5.74, 6) is -1.11. The van der Waals surface area contributed by atoms with Crippen LogP contribution in [0, 0.1) is 0 Å². The van der Waals surface area contributed by atoms with Crippen molar-refractivity contribution in [3.8, 4) is 0 Å². The molecule has 4 heteroatoms. The summed E-state index contributed by atoms with van der Waals surface area (Å²) in [6.45, 7) is 1.40. The molecule has 3 nitrogen and oxygen atoms in total. The van der Waals surface area contributed by atoms with Gasteiger partial charge in [0.2, 0.25) is 0 Å². The summed E-state index contributed by atoms with van der Waals surface area (Å²) in [6.07, 6.45) is 0. The fourth-order valence-electron chi connectivity index (χ4n) is 1.08. The monoisotopic (exact) mass is 213 g/mol. The number of carbonyl (C=O) groups is 1. The van der Waals surface area contributed by atoms with Gasteiger partial charge >= 0.3 is 5.97 Å². The molecule has 2 atom stereocenters. The highest BCUT2D eigenvalue weighted by Gasteiger charge is 2.37. The van der Waals surface area contributed by atoms with Crippen LogP contribution in [0.4, 0.5) is 0 Å². The predicted octanol–water partition coefficient (Wildman–Crippen LogP) is 1.77. The third kappa shape index (κ3) is 2.05. The number of carboxylic acids is 1. The molecule has 0 radical (unpaired) electrons. The molecular formula is C10H12ClNO2. The maximum absolute atomic E-state index is 10.8. The van der Waals surface area contributed by atoms with Crippen molar-refractivity contribution in [1.29, 1.82) is 0 Å². The molecule has 1 aromatic rings. The molecule has 0 aromatic heterocycles. The standard InChI is InChI=1S/C10H12ClNO2/c1-10(12,9(13)14)8(11)7-5-3-2-4-6-7/h2-6,8H,12H2,1H3,(H,13,14). The van der Waals surface area contributed by atoms with Crippen LogP contribution in [0.1, 0.15) is 17.9 Å². The molecule has 0 fully saturated rings. The molecule has 0 saturated heterocycles. The van der Waals surface area contributed by atoms with E-state index in [9.17, 15) is 4.79 Å². The summed E-state index contributed by atoms with van der Waals surface area (Å²) in [6, 6.07) is 8.93. The molecule has 0 bridgehead atoms. The summed E-state index contributed by atoms with van der Waals surface area (Å²) >= 11 is 5.99. The van der Waals surface area contributed by atoms with Gasteiger partial charge in [-0.3, -0.25) is 4.79 Å². The van der Waals surface area contributed by atoms with Crippen LogP contribution in [0.2, 0.25) is 0 Å². The molecule has 0 aliphatic heterocycles. The number of aliphatic carboxylic acids is 1. The van der Waals surface area contributed by atoms with Crippen molar-refractivity contribution in [2.24, 2.45) is 5.73 Å². The molecule has 0 spiro atoms. The van der Waals surface area contributed by atoms with Crippen molar-refractivity contribution in [1.82, 2.24) is 0 Å². The lowest BCUT2D eigenvalue weighted by molar-refractivity contribution is -0.142. The highest BCUT2D eigenvalue weighted by Crippen LogP contribution is 2.30. The van der Waals surface area contributed by atoms with Crippen molar-refractivity contribution >= 4 is 17.6 Å². The Labute approximate surface area is 87.5 Å². The van der Waals surface area contributed by atoms with E-state index >= 15 is 0 Å². The van der Waals surface area contributed by atoms with Crippen LogP contribution >= 0.6 is 11.6 Å². The highest BCUT2D eigenvalue weighted by molar-refractivity contribution is 6.23. The quantitative estimate of drug-likeness (QED) is 0.753. The van der Waals surface area contributed by atoms with Gasteiger partial charge in [0.1, 0.15) is 5.54 Å². The fourth-order valence-corrected chi connectivity index (χ4v) is 1.32. The van der Waals surface area contributed by atoms with Gasteiger partial charge in [-0.25, -0.2) is 0 Å². The van der Waals surface area contributed by atoms with E-state index < -0.39 is 16.9 Å². The van der Waals surface area contributed by atoms with Crippen LogP contribution in [-0.4, -0.2) is 16.6 Å². The number of benzene rings is 1. The molecule has 76 valence electrons. The number of hydrogen-bond acceptors (Lipinski definition) is 2. The smallest absolute Gasteiger partial charge is 0.325 e. The summed E-state index contributed by atoms with van der Waals surface area (Å²) in [5.41, 5.74) is 4.86. The third-order valence-corrected chi connectivity index (χ3v) is 2.78. The van der Waals surface area contributed by atoms with E-state index in [1.165, 1.54) is 6.92 Å². The maximum atomic E-state index is 10.8. The van der Waals surface area contributed by atoms with E-state index in [1.807, 2.05) is 6.07 Å². The van der Waals surface area contributed by atoms with Gasteiger partial charge in [0.05, 0.1) is 5.38 Å². The summed E-state index contributed by atoms with van der Waals surface area (Å²) < 4.78 is 0. The van der Waals surface area contributed by atoms with E-state index in [-0.39, 0.29) is 0 Å². The third-order valence-electron chi connectivity index (χ3n) is 2.08. The Bertz CT molecular complexity index is 324. The molecular weight excluding hydrogens is 202 g/mol. The van der Waals surface area contributed by atoms with Crippen molar-refractivity contribution in [3.05, 3.63) is 35.9 Å². The van der Waals surface area contributed by atoms with Gasteiger partial charge < -0.3 is 10.8 Å². The largest absolute Gasteiger partial charge is 0.480 e. The van der Waals surface area contributed by atoms with E-state index in [0.29, 0.717) is 5.56 Å². The highest BCUT2D eigenvalue weighted by atomic mass is 35.5. The Morgan fingerprint density at radius 1 is 1.50 bits per heavy atom. The van der Waals surface area contributed by atoms with Gasteiger partial charge in [0, 0.05) is 0 Å². The second kappa shape index (κ2) is 3.98. The average molecular weight is 214 g/mol. The first-order valence-electron chi connectivity index (χ1n) is 4.17. The Morgan fingerprint density at radius 2 is 2.00 bits per heavy atom. The Balaban J connectivity index is 2.96. The SMILES string of the molecule is CC(N)(C(=O)O)C(Cl)c1ccccc1. The van der Waals surface area contributed by atoms with Gasteiger partial charge in [-0.05, 0) is 12.5 Å². The lowest BCUT2D eigenvalue weighted by Crippen LogP contribution is -2.48. The van der Waals surface area contributed by atoms with E-state index in [4.69, 9.17) is 22.4 Å². The maximum Gasteiger partial charge on any atom is 0.325 e. The second-order valence-corrected chi connectivity index (χ2v) is 3.80. The number of hydrogen-bond donors (Lipinski definition) is 2. The Hall–Kier alpha value is -1.06. The number of carboxylic acid groups (broad SMARTS) is 1. The number of rotatable bonds is 3. The zero-order valence-corrected chi connectivity index (χ0v) is 8.53. The van der Waals surface area contributed by atoms with Crippen molar-refractivity contribution < 1.29 is 9.90 Å². The van der Waals surface area contributed by atoms with E-state index in [0.717, 1.165) is 0 Å². The van der Waals surface area contributed by atoms with E-state index in [2.05, 4.69) is 0 Å². The molecule has 1 aromatic carbocycles. The first kappa shape index (κ1) is 11.0. The zero-order chi connectivity index (χ0) is 10.8. The van der Waals surface area contributed by atoms with Gasteiger partial charge in [0.25, 0.3) is 0 Å². The first-order chi connectivity index (χ1) is 6.46. The minimum atomic E-state index is -1.46. The van der Waals surface area contributed by atoms with Gasteiger partial charge in [-0.2, -0.15) is 0 Å². The molecule has 0 aliphatic rings. The van der Waals surface area contributed by atoms with Crippen molar-refractivity contribution in [2.75, 3.05) is 0 Å². The summed E-state index contributed by atoms with van der Waals surface area (Å²) in [5, 5.41) is 8.13. The van der Waals surface area contributed by atoms with Gasteiger partial charge in [0.15, 0.2) is 0 Å². The number of halogens is 1. The van der Waals surface area contributed by atoms with Crippen LogP contribution < -0.4 is 5.73 Å². The lowest BCUT2D eigenvalue weighted by Gasteiger charge is -2.25. The van der Waals surface area contributed by atoms with Crippen molar-refractivity contribution in [2.45, 2.75) is 17.8 Å². The predicted molar refractivity (Wildman–Crippen MR) is 55.3 cm³/mol. The zero-order valence-electron chi connectivity index (χ0n) is 7.77. The van der Waals surface area contributed by atoms with Crippen LogP contribution in [-0.2, 0) is 4.79 Å². The number of alkyl halides is 1. The Kier molecular flexibility index (Phi) is 3.13. The number of nitrogens with two attached hydrogens (primary N) is 1. The van der Waals surface area contributed by atoms with Crippen LogP contribution in [0.25, 0.3) is 0 Å². The molecule has 0 heterocycles. The molecule has 0 amide bonds. The van der Waals surface area contributed by atoms with Gasteiger partial charge in [-0.15, -0.1) is 11.6 Å². The molecule has 0 aliphatic carbocycles. The Morgan fingerprint density at radius 3 is 2.43 bits per heavy atom. The summed E-state index contributed by atoms with van der Waals surface area (Å²) in [7, 11) is 0. The molecule has 3 N–H and O–H groups in total. The molecule has 14 heavy (non-hydrogen) atoms. The summed E-state index contributed by atoms with van der Waals surface area (Å²) in [4.78, 5) is 10.8. The van der Waals surface area contributed by atoms with Crippen LogP contribution in [0.3, 0.4) is 0 Å². The average Bonchev–Trinajstić information content (AvgIpc) is 2.17. The molecule has 0 saturated carbocycles. The van der Waals surface area contributed by atoms with Gasteiger partial charge in [-0.1, -0.05) is 30.3 Å². The second-order valence-electron chi connectivity index (χ2n) is 3.36. The molecule has 2 unspecified atom stereocenters. The minimum Gasteiger partial charge on any atom is -0.480 e. The fraction of sp³-hybridized carbons (Fsp3) is 0.300. The normalized spacial score (nSPS) is 17.1. The minimum absolute atomic E-state index is 0.710. The first-order valence-corrected chi connectivity index (χ1v) is 4.61. The van der Waals surface area contributed by atoms with Crippen LogP contribution in [0.5, 0.6) is 0 Å². The van der Waals surface area contributed by atoms with Crippen molar-refractivity contribution in [3.63, 3.8) is 0 Å². The van der Waals surface area contributed by atoms with E-state index in [1.54, 1.807) is 24.3 Å². The lowest BCUT2D eigenvalue weighted by atomic mass is 9.93. The van der Waals surface area contributed by atoms with Crippen LogP contribution in [0.15, 0.2) is 30.3 Å². The topological polar surface area (TPSA) is 63.3 Å². The molecule has 1 rings (SSSR count).